The van der Waals surface area contributed by atoms with Gasteiger partial charge in [0.25, 0.3) is 0 Å². The highest BCUT2D eigenvalue weighted by Gasteiger charge is 2.34. The maximum absolute atomic E-state index is 12.2. The van der Waals surface area contributed by atoms with Crippen molar-refractivity contribution in [2.24, 2.45) is 0 Å². The van der Waals surface area contributed by atoms with Gasteiger partial charge >= 0.3 is 26.7 Å². The second kappa shape index (κ2) is 28.4. The van der Waals surface area contributed by atoms with Gasteiger partial charge in [-0.1, -0.05) is 19.3 Å². The summed E-state index contributed by atoms with van der Waals surface area (Å²) in [7, 11) is -1.50. The number of hydrogen-bond acceptors (Lipinski definition) is 16. The monoisotopic (exact) mass is 878 g/mol. The van der Waals surface area contributed by atoms with Crippen LogP contribution < -0.4 is 9.62 Å². The van der Waals surface area contributed by atoms with Gasteiger partial charge in [0.15, 0.2) is 17.3 Å². The minimum Gasteiger partial charge on any atom is -0.490 e. The van der Waals surface area contributed by atoms with Crippen molar-refractivity contribution in [3.05, 3.63) is 59.7 Å². The summed E-state index contributed by atoms with van der Waals surface area (Å²) >= 11 is 0. The zero-order chi connectivity index (χ0) is 45.2. The second-order valence-corrected chi connectivity index (χ2v) is 18.1. The number of benzene rings is 2. The lowest BCUT2D eigenvalue weighted by Crippen LogP contribution is -2.43. The predicted octanol–water partition coefficient (Wildman–Crippen LogP) is 6.54. The number of ketones is 2. The Labute approximate surface area is 360 Å². The summed E-state index contributed by atoms with van der Waals surface area (Å²) < 4.78 is 39.4. The largest absolute Gasteiger partial charge is 0.497 e. The Kier molecular flexibility index (Phi) is 24.6. The van der Waals surface area contributed by atoms with Crippen LogP contribution >= 0.6 is 0 Å². The van der Waals surface area contributed by atoms with Gasteiger partial charge in [-0.05, 0) is 115 Å². The number of hydrogen-bond donors (Lipinski definition) is 2. The second-order valence-electron chi connectivity index (χ2n) is 15.5. The smallest absolute Gasteiger partial charge is 0.490 e. The Bertz CT molecular complexity index is 1600. The van der Waals surface area contributed by atoms with Gasteiger partial charge in [0.1, 0.15) is 36.8 Å². The van der Waals surface area contributed by atoms with E-state index in [1.165, 1.54) is 52.0 Å². The molecule has 1 atom stereocenters. The van der Waals surface area contributed by atoms with Gasteiger partial charge in [-0.3, -0.25) is 29.0 Å². The van der Waals surface area contributed by atoms with Crippen LogP contribution in [0.3, 0.4) is 0 Å². The highest BCUT2D eigenvalue weighted by atomic mass is 28.4. The van der Waals surface area contributed by atoms with Gasteiger partial charge in [-0.15, -0.1) is 0 Å². The van der Waals surface area contributed by atoms with E-state index in [2.05, 4.69) is 0 Å². The molecular formula is C44H66O16Si. The number of methoxy groups -OCH3 is 1. The summed E-state index contributed by atoms with van der Waals surface area (Å²) in [6.07, 6.45) is 6.69. The van der Waals surface area contributed by atoms with Crippen molar-refractivity contribution in [3.8, 4) is 11.5 Å². The van der Waals surface area contributed by atoms with Crippen LogP contribution in [-0.2, 0) is 46.8 Å². The Morgan fingerprint density at radius 3 is 1.31 bits per heavy atom. The molecule has 2 aromatic rings. The van der Waals surface area contributed by atoms with Gasteiger partial charge in [0.05, 0.1) is 13.0 Å². The SMILES string of the molecule is COCCOC(=O)CCCCCO[Si](C)(OCCCCCC(=O)OCCOc1ccc(C(=O)C(C)(C)O)cc1)OCCCCCC(=O)OOc1ccc(C(=O)C(C)(C)O)cc1. The molecule has 0 aliphatic carbocycles. The van der Waals surface area contributed by atoms with Crippen LogP contribution in [0.15, 0.2) is 48.5 Å². The van der Waals surface area contributed by atoms with Crippen LogP contribution in [-0.4, -0.2) is 113 Å². The lowest BCUT2D eigenvalue weighted by atomic mass is 9.97. The van der Waals surface area contributed by atoms with Crippen molar-refractivity contribution in [1.82, 2.24) is 0 Å². The van der Waals surface area contributed by atoms with Gasteiger partial charge in [0, 0.05) is 57.4 Å². The Morgan fingerprint density at radius 1 is 0.508 bits per heavy atom. The third kappa shape index (κ3) is 23.5. The molecule has 0 saturated heterocycles. The van der Waals surface area contributed by atoms with Crippen molar-refractivity contribution in [1.29, 1.82) is 0 Å². The molecule has 0 fully saturated rings. The maximum atomic E-state index is 12.2. The summed E-state index contributed by atoms with van der Waals surface area (Å²) in [6.45, 7) is 9.46. The third-order valence-corrected chi connectivity index (χ3v) is 11.1. The summed E-state index contributed by atoms with van der Waals surface area (Å²) in [4.78, 5) is 70.6. The highest BCUT2D eigenvalue weighted by molar-refractivity contribution is 6.59. The molecule has 2 aromatic carbocycles. The number of esters is 2. The first-order valence-electron chi connectivity index (χ1n) is 20.9. The zero-order valence-electron chi connectivity index (χ0n) is 36.7. The summed E-state index contributed by atoms with van der Waals surface area (Å²) in [5.74, 6) is -1.22. The van der Waals surface area contributed by atoms with E-state index in [4.69, 9.17) is 42.0 Å². The third-order valence-electron chi connectivity index (χ3n) is 8.91. The van der Waals surface area contributed by atoms with Crippen LogP contribution in [0.25, 0.3) is 0 Å². The first kappa shape index (κ1) is 52.9. The molecule has 342 valence electrons. The quantitative estimate of drug-likeness (QED) is 0.0191. The van der Waals surface area contributed by atoms with Crippen molar-refractivity contribution in [2.45, 2.75) is 122 Å². The summed E-state index contributed by atoms with van der Waals surface area (Å²) in [5.41, 5.74) is -2.30. The van der Waals surface area contributed by atoms with E-state index in [-0.39, 0.29) is 50.4 Å². The molecule has 0 radical (unpaired) electrons. The number of aliphatic hydroxyl groups is 2. The Morgan fingerprint density at radius 2 is 0.902 bits per heavy atom. The van der Waals surface area contributed by atoms with Crippen LogP contribution in [0.2, 0.25) is 6.55 Å². The van der Waals surface area contributed by atoms with Crippen molar-refractivity contribution >= 4 is 38.3 Å². The molecule has 0 heterocycles. The molecule has 0 aliphatic rings. The zero-order valence-corrected chi connectivity index (χ0v) is 37.7. The Hall–Kier alpha value is -4.23. The predicted molar refractivity (Wildman–Crippen MR) is 225 cm³/mol. The minimum atomic E-state index is -3.04. The summed E-state index contributed by atoms with van der Waals surface area (Å²) in [5, 5.41) is 19.8. The normalized spacial score (nSPS) is 12.6. The first-order chi connectivity index (χ1) is 28.9. The van der Waals surface area contributed by atoms with E-state index in [9.17, 15) is 34.2 Å². The van der Waals surface area contributed by atoms with Crippen molar-refractivity contribution in [2.75, 3.05) is 53.4 Å². The van der Waals surface area contributed by atoms with Crippen molar-refractivity contribution < 1.29 is 76.2 Å². The van der Waals surface area contributed by atoms with E-state index >= 15 is 0 Å². The van der Waals surface area contributed by atoms with Crippen LogP contribution in [0.5, 0.6) is 11.5 Å². The number of unbranched alkanes of at least 4 members (excludes halogenated alkanes) is 6. The van der Waals surface area contributed by atoms with E-state index < -0.39 is 37.5 Å². The number of rotatable bonds is 34. The molecular weight excluding hydrogens is 813 g/mol. The number of ether oxygens (including phenoxy) is 4. The number of carbonyl (C=O) groups excluding carboxylic acids is 5. The maximum Gasteiger partial charge on any atom is 0.497 e. The molecule has 0 bridgehead atoms. The van der Waals surface area contributed by atoms with Gasteiger partial charge in [-0.25, -0.2) is 4.79 Å². The lowest BCUT2D eigenvalue weighted by molar-refractivity contribution is -0.213. The Balaban J connectivity index is 1.68. The molecule has 16 nitrogen and oxygen atoms in total. The molecule has 0 amide bonds. The number of carbonyl (C=O) groups is 5. The van der Waals surface area contributed by atoms with Gasteiger partial charge < -0.3 is 42.4 Å². The van der Waals surface area contributed by atoms with E-state index in [0.29, 0.717) is 94.7 Å². The first-order valence-corrected chi connectivity index (χ1v) is 23.1. The fourth-order valence-corrected chi connectivity index (χ4v) is 7.24. The van der Waals surface area contributed by atoms with Crippen molar-refractivity contribution in [3.63, 3.8) is 0 Å². The van der Waals surface area contributed by atoms with E-state index in [1.54, 1.807) is 31.4 Å². The fraction of sp³-hybridized carbons (Fsp3) is 0.614. The van der Waals surface area contributed by atoms with Gasteiger partial charge in [0.2, 0.25) is 0 Å². The molecule has 2 rings (SSSR count). The molecule has 61 heavy (non-hydrogen) atoms. The van der Waals surface area contributed by atoms with Crippen LogP contribution in [0, 0.1) is 0 Å². The van der Waals surface area contributed by atoms with Crippen LogP contribution in [0.1, 0.15) is 125 Å². The average Bonchev–Trinajstić information content (AvgIpc) is 3.22. The molecule has 0 saturated carbocycles. The van der Waals surface area contributed by atoms with Gasteiger partial charge in [-0.2, -0.15) is 0 Å². The minimum absolute atomic E-state index is 0.0772. The topological polar surface area (TPSA) is 209 Å². The van der Waals surface area contributed by atoms with E-state index in [0.717, 1.165) is 12.8 Å². The molecule has 17 heteroatoms. The average molecular weight is 879 g/mol. The van der Waals surface area contributed by atoms with Crippen LogP contribution in [0.4, 0.5) is 0 Å². The molecule has 0 spiro atoms. The summed E-state index contributed by atoms with van der Waals surface area (Å²) in [6, 6.07) is 12.3. The van der Waals surface area contributed by atoms with E-state index in [1.807, 2.05) is 6.55 Å². The lowest BCUT2D eigenvalue weighted by Gasteiger charge is -2.26. The molecule has 0 aliphatic heterocycles. The number of Topliss-reactive ketones (excluding diaryl/α,β-unsaturated/α-hetero) is 2. The highest BCUT2D eigenvalue weighted by Crippen LogP contribution is 2.20. The molecule has 1 unspecified atom stereocenters. The standard InChI is InChI=1S/C44H66O16Si/c1-43(2,50)41(48)34-19-23-36(24-20-34)53-32-33-55-39(46)17-11-8-14-28-57-61(6,56-27-13-7-10-16-38(45)54-31-30-52-5)58-29-15-9-12-18-40(47)60-59-37-25-21-35(22-26-37)42(49)44(3,4)51/h19-26,50-51H,7-18,27-33H2,1-6H3. The fourth-order valence-electron chi connectivity index (χ4n) is 5.45. The molecule has 2 N–H and O–H groups in total. The molecule has 0 aromatic heterocycles.